The Morgan fingerprint density at radius 2 is 1.21 bits per heavy atom. The van der Waals surface area contributed by atoms with E-state index in [0.717, 1.165) is 0 Å². The minimum atomic E-state index is 0. The van der Waals surface area contributed by atoms with Gasteiger partial charge >= 0.3 is 0 Å². The molecular formula is C22H40ClN. The first-order valence-electron chi connectivity index (χ1n) is 9.84. The van der Waals surface area contributed by atoms with Crippen molar-refractivity contribution in [2.75, 3.05) is 14.1 Å². The van der Waals surface area contributed by atoms with E-state index >= 15 is 0 Å². The predicted molar refractivity (Wildman–Crippen MR) is 111 cm³/mol. The molecule has 0 aliphatic rings. The molecule has 1 aromatic carbocycles. The summed E-state index contributed by atoms with van der Waals surface area (Å²) in [6, 6.07) is 11.0. The van der Waals surface area contributed by atoms with Gasteiger partial charge in [0.1, 0.15) is 0 Å². The second-order valence-corrected chi connectivity index (χ2v) is 7.47. The van der Waals surface area contributed by atoms with E-state index in [4.69, 9.17) is 0 Å². The molecule has 0 radical (unpaired) electrons. The molecule has 140 valence electrons. The predicted octanol–water partition coefficient (Wildman–Crippen LogP) is 7.20. The number of unbranched alkanes of at least 4 members (excludes halogenated alkanes) is 9. The lowest BCUT2D eigenvalue weighted by molar-refractivity contribution is 0.156. The Labute approximate surface area is 157 Å². The van der Waals surface area contributed by atoms with Crippen molar-refractivity contribution in [1.82, 2.24) is 4.90 Å². The van der Waals surface area contributed by atoms with Crippen LogP contribution in [0.3, 0.4) is 0 Å². The topological polar surface area (TPSA) is 3.24 Å². The third-order valence-corrected chi connectivity index (χ3v) is 5.40. The summed E-state index contributed by atoms with van der Waals surface area (Å²) in [5, 5.41) is 0. The fourth-order valence-corrected chi connectivity index (χ4v) is 3.38. The van der Waals surface area contributed by atoms with Gasteiger partial charge in [-0.25, -0.2) is 0 Å². The van der Waals surface area contributed by atoms with Crippen LogP contribution in [-0.4, -0.2) is 19.0 Å². The molecular weight excluding hydrogens is 314 g/mol. The minimum Gasteiger partial charge on any atom is -0.300 e. The molecule has 1 aromatic rings. The third-order valence-electron chi connectivity index (χ3n) is 5.40. The smallest absolute Gasteiger partial charge is 0.0426 e. The number of rotatable bonds is 13. The first-order chi connectivity index (χ1) is 11.1. The average molecular weight is 354 g/mol. The number of halogens is 1. The molecule has 2 heteroatoms. The Balaban J connectivity index is 0.00000529. The van der Waals surface area contributed by atoms with Gasteiger partial charge < -0.3 is 0 Å². The minimum absolute atomic E-state index is 0. The van der Waals surface area contributed by atoms with Crippen LogP contribution in [0.15, 0.2) is 30.3 Å². The molecule has 0 saturated heterocycles. The van der Waals surface area contributed by atoms with Crippen LogP contribution in [0.1, 0.15) is 90.0 Å². The Hall–Kier alpha value is -0.530. The van der Waals surface area contributed by atoms with Gasteiger partial charge in [0.2, 0.25) is 0 Å². The van der Waals surface area contributed by atoms with Crippen molar-refractivity contribution in [3.8, 4) is 0 Å². The first-order valence-corrected chi connectivity index (χ1v) is 9.84. The molecule has 0 aliphatic heterocycles. The molecule has 0 fully saturated rings. The van der Waals surface area contributed by atoms with Gasteiger partial charge in [-0.15, -0.1) is 12.4 Å². The van der Waals surface area contributed by atoms with Crippen molar-refractivity contribution in [3.63, 3.8) is 0 Å². The van der Waals surface area contributed by atoms with E-state index in [1.165, 1.54) is 76.2 Å². The van der Waals surface area contributed by atoms with Gasteiger partial charge in [-0.2, -0.15) is 0 Å². The molecule has 0 N–H and O–H groups in total. The highest BCUT2D eigenvalue weighted by molar-refractivity contribution is 5.85. The van der Waals surface area contributed by atoms with Crippen LogP contribution in [0.25, 0.3) is 0 Å². The van der Waals surface area contributed by atoms with Crippen LogP contribution in [0, 0.1) is 0 Å². The molecule has 0 amide bonds. The Kier molecular flexibility index (Phi) is 13.4. The van der Waals surface area contributed by atoms with Crippen LogP contribution in [0.4, 0.5) is 0 Å². The van der Waals surface area contributed by atoms with Crippen molar-refractivity contribution in [1.29, 1.82) is 0 Å². The highest BCUT2D eigenvalue weighted by atomic mass is 35.5. The van der Waals surface area contributed by atoms with Gasteiger partial charge in [0.25, 0.3) is 0 Å². The first kappa shape index (κ1) is 23.5. The van der Waals surface area contributed by atoms with Crippen molar-refractivity contribution in [2.24, 2.45) is 0 Å². The fourth-order valence-electron chi connectivity index (χ4n) is 3.38. The maximum atomic E-state index is 2.38. The molecule has 0 bridgehead atoms. The highest BCUT2D eigenvalue weighted by Crippen LogP contribution is 2.31. The molecule has 1 atom stereocenters. The lowest BCUT2D eigenvalue weighted by Crippen LogP contribution is -2.38. The molecule has 0 spiro atoms. The molecule has 0 heterocycles. The Morgan fingerprint density at radius 3 is 1.67 bits per heavy atom. The Bertz CT molecular complexity index is 390. The zero-order chi connectivity index (χ0) is 17.0. The van der Waals surface area contributed by atoms with Crippen molar-refractivity contribution < 1.29 is 0 Å². The summed E-state index contributed by atoms with van der Waals surface area (Å²) in [6.07, 6.45) is 15.3. The molecule has 0 aromatic heterocycles. The highest BCUT2D eigenvalue weighted by Gasteiger charge is 2.27. The quantitative estimate of drug-likeness (QED) is 0.339. The normalized spacial score (nSPS) is 13.5. The number of benzene rings is 1. The lowest BCUT2D eigenvalue weighted by Gasteiger charge is -2.37. The summed E-state index contributed by atoms with van der Waals surface area (Å²) >= 11 is 0. The van der Waals surface area contributed by atoms with Crippen molar-refractivity contribution in [2.45, 2.75) is 90.0 Å². The molecule has 24 heavy (non-hydrogen) atoms. The SMILES string of the molecule is CCCCCCCCCCCCC(C)(c1ccccc1)N(C)C.Cl. The van der Waals surface area contributed by atoms with E-state index in [2.05, 4.69) is 63.2 Å². The summed E-state index contributed by atoms with van der Waals surface area (Å²) in [5.41, 5.74) is 1.61. The van der Waals surface area contributed by atoms with Gasteiger partial charge in [0.15, 0.2) is 0 Å². The van der Waals surface area contributed by atoms with Gasteiger partial charge in [0, 0.05) is 5.54 Å². The molecule has 1 nitrogen and oxygen atoms in total. The van der Waals surface area contributed by atoms with E-state index in [9.17, 15) is 0 Å². The zero-order valence-corrected chi connectivity index (χ0v) is 17.3. The van der Waals surface area contributed by atoms with E-state index in [1.807, 2.05) is 0 Å². The van der Waals surface area contributed by atoms with Crippen LogP contribution in [0.2, 0.25) is 0 Å². The third kappa shape index (κ3) is 8.53. The van der Waals surface area contributed by atoms with E-state index in [1.54, 1.807) is 0 Å². The van der Waals surface area contributed by atoms with E-state index in [-0.39, 0.29) is 17.9 Å². The summed E-state index contributed by atoms with van der Waals surface area (Å²) in [6.45, 7) is 4.67. The summed E-state index contributed by atoms with van der Waals surface area (Å²) in [7, 11) is 4.42. The maximum absolute atomic E-state index is 2.38. The van der Waals surface area contributed by atoms with Gasteiger partial charge in [-0.1, -0.05) is 101 Å². The monoisotopic (exact) mass is 353 g/mol. The van der Waals surface area contributed by atoms with Gasteiger partial charge in [0.05, 0.1) is 0 Å². The summed E-state index contributed by atoms with van der Waals surface area (Å²) in [5.74, 6) is 0. The van der Waals surface area contributed by atoms with Crippen LogP contribution >= 0.6 is 12.4 Å². The largest absolute Gasteiger partial charge is 0.300 e. The van der Waals surface area contributed by atoms with E-state index < -0.39 is 0 Å². The zero-order valence-electron chi connectivity index (χ0n) is 16.5. The van der Waals surface area contributed by atoms with Crippen LogP contribution in [0.5, 0.6) is 0 Å². The Morgan fingerprint density at radius 1 is 0.750 bits per heavy atom. The fraction of sp³-hybridized carbons (Fsp3) is 0.727. The second-order valence-electron chi connectivity index (χ2n) is 7.47. The molecule has 1 rings (SSSR count). The number of nitrogens with zero attached hydrogens (tertiary/aromatic N) is 1. The summed E-state index contributed by atoms with van der Waals surface area (Å²) < 4.78 is 0. The van der Waals surface area contributed by atoms with Gasteiger partial charge in [-0.05, 0) is 33.0 Å². The molecule has 1 unspecified atom stereocenters. The van der Waals surface area contributed by atoms with Crippen molar-refractivity contribution >= 4 is 12.4 Å². The average Bonchev–Trinajstić information content (AvgIpc) is 2.57. The van der Waals surface area contributed by atoms with Crippen LogP contribution in [-0.2, 0) is 5.54 Å². The van der Waals surface area contributed by atoms with Crippen LogP contribution < -0.4 is 0 Å². The molecule has 0 saturated carbocycles. The van der Waals surface area contributed by atoms with Crippen molar-refractivity contribution in [3.05, 3.63) is 35.9 Å². The second kappa shape index (κ2) is 13.7. The summed E-state index contributed by atoms with van der Waals surface area (Å²) in [4.78, 5) is 2.38. The standard InChI is InChI=1S/C22H39N.ClH/c1-5-6-7-8-9-10-11-12-13-17-20-22(2,23(3)4)21-18-15-14-16-19-21;/h14-16,18-19H,5-13,17,20H2,1-4H3;1H. The van der Waals surface area contributed by atoms with Gasteiger partial charge in [-0.3, -0.25) is 4.90 Å². The maximum Gasteiger partial charge on any atom is 0.0426 e. The molecule has 0 aliphatic carbocycles. The lowest BCUT2D eigenvalue weighted by atomic mass is 9.85. The number of hydrogen-bond donors (Lipinski definition) is 0. The number of hydrogen-bond acceptors (Lipinski definition) is 1. The van der Waals surface area contributed by atoms with E-state index in [0.29, 0.717) is 0 Å².